The Morgan fingerprint density at radius 1 is 1.62 bits per heavy atom. The highest BCUT2D eigenvalue weighted by atomic mass is 35.5. The fourth-order valence-corrected chi connectivity index (χ4v) is 1.93. The van der Waals surface area contributed by atoms with Crippen LogP contribution in [0.2, 0.25) is 5.02 Å². The maximum absolute atomic E-state index is 13.4. The standard InChI is InChI=1S/C11H13ClFNO2/c1-16-10-6(5-11(14)2-3-11)9(12)7(13)4-8(10)15/h4,15H,2-3,5,14H2,1H3. The molecule has 0 saturated heterocycles. The minimum absolute atomic E-state index is 0.0219. The van der Waals surface area contributed by atoms with E-state index in [4.69, 9.17) is 22.1 Å². The number of hydrogen-bond acceptors (Lipinski definition) is 3. The summed E-state index contributed by atoms with van der Waals surface area (Å²) in [5.74, 6) is -0.689. The predicted octanol–water partition coefficient (Wildman–Crippen LogP) is 2.23. The van der Waals surface area contributed by atoms with Crippen molar-refractivity contribution in [1.29, 1.82) is 0 Å². The largest absolute Gasteiger partial charge is 0.504 e. The fraction of sp³-hybridized carbons (Fsp3) is 0.455. The van der Waals surface area contributed by atoms with E-state index >= 15 is 0 Å². The molecule has 0 radical (unpaired) electrons. The molecule has 5 heteroatoms. The Morgan fingerprint density at radius 3 is 2.75 bits per heavy atom. The second-order valence-electron chi connectivity index (χ2n) is 4.24. The van der Waals surface area contributed by atoms with E-state index in [1.807, 2.05) is 0 Å². The molecule has 1 fully saturated rings. The van der Waals surface area contributed by atoms with E-state index in [2.05, 4.69) is 0 Å². The van der Waals surface area contributed by atoms with Gasteiger partial charge in [-0.3, -0.25) is 0 Å². The summed E-state index contributed by atoms with van der Waals surface area (Å²) in [5.41, 5.74) is 6.08. The lowest BCUT2D eigenvalue weighted by Gasteiger charge is -2.15. The molecule has 0 bridgehead atoms. The Morgan fingerprint density at radius 2 is 2.25 bits per heavy atom. The van der Waals surface area contributed by atoms with E-state index in [9.17, 15) is 9.50 Å². The second-order valence-corrected chi connectivity index (χ2v) is 4.62. The molecule has 1 saturated carbocycles. The summed E-state index contributed by atoms with van der Waals surface area (Å²) < 4.78 is 18.4. The number of hydrogen-bond donors (Lipinski definition) is 2. The number of benzene rings is 1. The molecule has 16 heavy (non-hydrogen) atoms. The number of ether oxygens (including phenoxy) is 1. The number of methoxy groups -OCH3 is 1. The average Bonchev–Trinajstić information content (AvgIpc) is 2.93. The van der Waals surface area contributed by atoms with Gasteiger partial charge < -0.3 is 15.6 Å². The molecule has 1 aromatic rings. The number of nitrogens with two attached hydrogens (primary N) is 1. The first kappa shape index (κ1) is 11.5. The van der Waals surface area contributed by atoms with Crippen LogP contribution in [-0.2, 0) is 6.42 Å². The molecule has 0 atom stereocenters. The number of aromatic hydroxyl groups is 1. The second kappa shape index (κ2) is 3.79. The summed E-state index contributed by atoms with van der Waals surface area (Å²) in [6.45, 7) is 0. The SMILES string of the molecule is COc1c(O)cc(F)c(Cl)c1CC1(N)CC1. The third-order valence-electron chi connectivity index (χ3n) is 2.87. The molecule has 1 aliphatic rings. The van der Waals surface area contributed by atoms with Gasteiger partial charge in [-0.15, -0.1) is 0 Å². The van der Waals surface area contributed by atoms with Crippen molar-refractivity contribution in [2.24, 2.45) is 5.73 Å². The lowest BCUT2D eigenvalue weighted by atomic mass is 10.0. The van der Waals surface area contributed by atoms with Crippen molar-refractivity contribution in [3.05, 3.63) is 22.5 Å². The zero-order valence-corrected chi connectivity index (χ0v) is 9.64. The molecule has 0 spiro atoms. The lowest BCUT2D eigenvalue weighted by Crippen LogP contribution is -2.25. The van der Waals surface area contributed by atoms with Crippen LogP contribution in [0.5, 0.6) is 11.5 Å². The molecule has 0 aromatic heterocycles. The first-order valence-electron chi connectivity index (χ1n) is 4.99. The van der Waals surface area contributed by atoms with E-state index in [-0.39, 0.29) is 22.1 Å². The number of rotatable bonds is 3. The fourth-order valence-electron chi connectivity index (χ4n) is 1.72. The number of halogens is 2. The first-order chi connectivity index (χ1) is 7.47. The summed E-state index contributed by atoms with van der Waals surface area (Å²) in [6.07, 6.45) is 2.17. The summed E-state index contributed by atoms with van der Waals surface area (Å²) in [6, 6.07) is 0.945. The summed E-state index contributed by atoms with van der Waals surface area (Å²) in [5, 5.41) is 9.53. The van der Waals surface area contributed by atoms with Gasteiger partial charge in [-0.25, -0.2) is 4.39 Å². The van der Waals surface area contributed by atoms with Crippen LogP contribution in [0.25, 0.3) is 0 Å². The van der Waals surface area contributed by atoms with Crippen molar-refractivity contribution in [2.45, 2.75) is 24.8 Å². The van der Waals surface area contributed by atoms with Crippen molar-refractivity contribution < 1.29 is 14.2 Å². The zero-order chi connectivity index (χ0) is 11.9. The van der Waals surface area contributed by atoms with Crippen LogP contribution < -0.4 is 10.5 Å². The molecule has 2 rings (SSSR count). The zero-order valence-electron chi connectivity index (χ0n) is 8.89. The molecular formula is C11H13ClFNO2. The molecule has 88 valence electrons. The Labute approximate surface area is 98.0 Å². The van der Waals surface area contributed by atoms with E-state index in [0.717, 1.165) is 18.9 Å². The van der Waals surface area contributed by atoms with Gasteiger partial charge in [0.2, 0.25) is 0 Å². The smallest absolute Gasteiger partial charge is 0.165 e. The minimum atomic E-state index is -0.654. The molecule has 0 aliphatic heterocycles. The van der Waals surface area contributed by atoms with Gasteiger partial charge in [0.1, 0.15) is 5.82 Å². The van der Waals surface area contributed by atoms with Crippen LogP contribution >= 0.6 is 11.6 Å². The molecule has 0 heterocycles. The monoisotopic (exact) mass is 245 g/mol. The van der Waals surface area contributed by atoms with Crippen LogP contribution in [0.1, 0.15) is 18.4 Å². The molecule has 1 aromatic carbocycles. The third kappa shape index (κ3) is 1.95. The van der Waals surface area contributed by atoms with Gasteiger partial charge in [-0.2, -0.15) is 0 Å². The van der Waals surface area contributed by atoms with Crippen molar-refractivity contribution in [2.75, 3.05) is 7.11 Å². The number of phenols is 1. The van der Waals surface area contributed by atoms with Crippen LogP contribution in [0.15, 0.2) is 6.07 Å². The predicted molar refractivity (Wildman–Crippen MR) is 59.5 cm³/mol. The maximum atomic E-state index is 13.4. The summed E-state index contributed by atoms with van der Waals surface area (Å²) >= 11 is 5.86. The summed E-state index contributed by atoms with van der Waals surface area (Å²) in [4.78, 5) is 0. The third-order valence-corrected chi connectivity index (χ3v) is 3.28. The van der Waals surface area contributed by atoms with Gasteiger partial charge in [-0.05, 0) is 19.3 Å². The van der Waals surface area contributed by atoms with E-state index < -0.39 is 5.82 Å². The maximum Gasteiger partial charge on any atom is 0.165 e. The number of phenolic OH excluding ortho intramolecular Hbond substituents is 1. The van der Waals surface area contributed by atoms with Crippen molar-refractivity contribution in [3.63, 3.8) is 0 Å². The van der Waals surface area contributed by atoms with Gasteiger partial charge >= 0.3 is 0 Å². The molecule has 3 N–H and O–H groups in total. The summed E-state index contributed by atoms with van der Waals surface area (Å²) in [7, 11) is 1.41. The highest BCUT2D eigenvalue weighted by Gasteiger charge is 2.40. The van der Waals surface area contributed by atoms with Gasteiger partial charge in [0.25, 0.3) is 0 Å². The molecule has 1 aliphatic carbocycles. The Bertz CT molecular complexity index is 432. The lowest BCUT2D eigenvalue weighted by molar-refractivity contribution is 0.365. The van der Waals surface area contributed by atoms with Gasteiger partial charge in [-0.1, -0.05) is 11.6 Å². The Hall–Kier alpha value is -1.00. The topological polar surface area (TPSA) is 55.5 Å². The normalized spacial score (nSPS) is 17.2. The van der Waals surface area contributed by atoms with Crippen molar-refractivity contribution in [1.82, 2.24) is 0 Å². The first-order valence-corrected chi connectivity index (χ1v) is 5.37. The van der Waals surface area contributed by atoms with E-state index in [1.165, 1.54) is 7.11 Å². The quantitative estimate of drug-likeness (QED) is 0.859. The molecule has 0 amide bonds. The average molecular weight is 246 g/mol. The van der Waals surface area contributed by atoms with E-state index in [1.54, 1.807) is 0 Å². The minimum Gasteiger partial charge on any atom is -0.504 e. The Balaban J connectivity index is 2.47. The van der Waals surface area contributed by atoms with Gasteiger partial charge in [0.05, 0.1) is 12.1 Å². The van der Waals surface area contributed by atoms with Crippen LogP contribution in [0, 0.1) is 5.82 Å². The highest BCUT2D eigenvalue weighted by molar-refractivity contribution is 6.31. The van der Waals surface area contributed by atoms with Crippen LogP contribution in [-0.4, -0.2) is 17.8 Å². The van der Waals surface area contributed by atoms with Crippen LogP contribution in [0.3, 0.4) is 0 Å². The van der Waals surface area contributed by atoms with Gasteiger partial charge in [0.15, 0.2) is 11.5 Å². The highest BCUT2D eigenvalue weighted by Crippen LogP contribution is 2.43. The molecular weight excluding hydrogens is 233 g/mol. The van der Waals surface area contributed by atoms with Gasteiger partial charge in [0, 0.05) is 17.2 Å². The Kier molecular flexibility index (Phi) is 2.72. The van der Waals surface area contributed by atoms with E-state index in [0.29, 0.717) is 12.0 Å². The molecule has 3 nitrogen and oxygen atoms in total. The molecule has 0 unspecified atom stereocenters. The van der Waals surface area contributed by atoms with Crippen LogP contribution in [0.4, 0.5) is 4.39 Å². The van der Waals surface area contributed by atoms with Crippen molar-refractivity contribution >= 4 is 11.6 Å². The van der Waals surface area contributed by atoms with Crippen molar-refractivity contribution in [3.8, 4) is 11.5 Å².